The molecule has 0 heteroatoms. The minimum Gasteiger partial charge on any atom is -0.0616 e. The highest BCUT2D eigenvalue weighted by Crippen LogP contribution is 2.14. The summed E-state index contributed by atoms with van der Waals surface area (Å²) in [4.78, 5) is 0. The Kier molecular flexibility index (Phi) is 3.97. The minimum atomic E-state index is 1.31. The quantitative estimate of drug-likeness (QED) is 0.368. The molecule has 0 saturated heterocycles. The molecule has 0 fully saturated rings. The Morgan fingerprint density at radius 3 is 1.29 bits per heavy atom. The van der Waals surface area contributed by atoms with Crippen molar-refractivity contribution in [3.8, 4) is 0 Å². The van der Waals surface area contributed by atoms with E-state index in [1.807, 2.05) is 0 Å². The van der Waals surface area contributed by atoms with Gasteiger partial charge in [-0.2, -0.15) is 0 Å². The third-order valence-electron chi connectivity index (χ3n) is 3.56. The maximum atomic E-state index is 2.20. The van der Waals surface area contributed by atoms with Crippen LogP contribution in [0.1, 0.15) is 5.56 Å². The lowest BCUT2D eigenvalue weighted by atomic mass is 10.1. The number of aryl methyl sites for hydroxylation is 1. The molecule has 0 spiro atoms. The van der Waals surface area contributed by atoms with Gasteiger partial charge in [0, 0.05) is 0 Å². The van der Waals surface area contributed by atoms with E-state index >= 15 is 0 Å². The lowest BCUT2D eigenvalue weighted by Crippen LogP contribution is -1.73. The molecule has 0 amide bonds. The molecule has 0 radical (unpaired) electrons. The Morgan fingerprint density at radius 1 is 0.429 bits per heavy atom. The topological polar surface area (TPSA) is 0 Å². The smallest absolute Gasteiger partial charge is 0.0181 e. The van der Waals surface area contributed by atoms with Crippen LogP contribution in [0.25, 0.3) is 21.5 Å². The summed E-state index contributed by atoms with van der Waals surface area (Å²) in [6.45, 7) is 2.12. The van der Waals surface area contributed by atoms with Gasteiger partial charge in [0.15, 0.2) is 0 Å². The molecule has 0 atom stereocenters. The van der Waals surface area contributed by atoms with Crippen molar-refractivity contribution >= 4 is 21.5 Å². The highest BCUT2D eigenvalue weighted by Gasteiger charge is 1.89. The van der Waals surface area contributed by atoms with Gasteiger partial charge in [-0.15, -0.1) is 0 Å². The van der Waals surface area contributed by atoms with Crippen LogP contribution in [0.2, 0.25) is 0 Å². The fourth-order valence-electron chi connectivity index (χ4n) is 2.44. The second-order valence-electron chi connectivity index (χ2n) is 5.20. The fraction of sp³-hybridized carbons (Fsp3) is 0.0476. The summed E-state index contributed by atoms with van der Waals surface area (Å²) < 4.78 is 0. The van der Waals surface area contributed by atoms with E-state index < -0.39 is 0 Å². The van der Waals surface area contributed by atoms with Crippen LogP contribution in [0, 0.1) is 6.92 Å². The van der Waals surface area contributed by atoms with Crippen molar-refractivity contribution in [3.63, 3.8) is 0 Å². The van der Waals surface area contributed by atoms with Crippen molar-refractivity contribution in [2.45, 2.75) is 6.92 Å². The van der Waals surface area contributed by atoms with Gasteiger partial charge in [0.05, 0.1) is 0 Å². The van der Waals surface area contributed by atoms with E-state index in [0.717, 1.165) is 0 Å². The molecule has 0 aromatic heterocycles. The summed E-state index contributed by atoms with van der Waals surface area (Å²) in [7, 11) is 0. The number of hydrogen-bond donors (Lipinski definition) is 0. The largest absolute Gasteiger partial charge is 0.0616 e. The minimum absolute atomic E-state index is 1.31. The first-order valence-corrected chi connectivity index (χ1v) is 7.22. The zero-order valence-corrected chi connectivity index (χ0v) is 12.2. The Balaban J connectivity index is 0.000000126. The van der Waals surface area contributed by atoms with Gasteiger partial charge in [0.1, 0.15) is 0 Å². The van der Waals surface area contributed by atoms with Crippen molar-refractivity contribution in [2.24, 2.45) is 0 Å². The molecule has 4 aromatic carbocycles. The van der Waals surface area contributed by atoms with Gasteiger partial charge < -0.3 is 0 Å². The maximum absolute atomic E-state index is 2.20. The molecule has 0 unspecified atom stereocenters. The molecule has 0 nitrogen and oxygen atoms in total. The van der Waals surface area contributed by atoms with E-state index in [-0.39, 0.29) is 0 Å². The van der Waals surface area contributed by atoms with Crippen molar-refractivity contribution in [3.05, 3.63) is 96.6 Å². The molecule has 102 valence electrons. The zero-order valence-electron chi connectivity index (χ0n) is 12.2. The molecule has 0 saturated carbocycles. The van der Waals surface area contributed by atoms with E-state index in [0.29, 0.717) is 0 Å². The first-order valence-electron chi connectivity index (χ1n) is 7.22. The van der Waals surface area contributed by atoms with Crippen molar-refractivity contribution in [2.75, 3.05) is 0 Å². The lowest BCUT2D eigenvalue weighted by Gasteiger charge is -1.96. The molecular formula is C21H18. The van der Waals surface area contributed by atoms with Crippen molar-refractivity contribution in [1.82, 2.24) is 0 Å². The average molecular weight is 270 g/mol. The van der Waals surface area contributed by atoms with Gasteiger partial charge >= 0.3 is 0 Å². The molecular weight excluding hydrogens is 252 g/mol. The van der Waals surface area contributed by atoms with Crippen LogP contribution in [0.15, 0.2) is 91.0 Å². The molecule has 0 aliphatic rings. The van der Waals surface area contributed by atoms with Crippen molar-refractivity contribution in [1.29, 1.82) is 0 Å². The Morgan fingerprint density at radius 2 is 0.810 bits per heavy atom. The summed E-state index contributed by atoms with van der Waals surface area (Å²) >= 11 is 0. The summed E-state index contributed by atoms with van der Waals surface area (Å²) in [6.07, 6.45) is 0. The van der Waals surface area contributed by atoms with Gasteiger partial charge in [0.2, 0.25) is 0 Å². The lowest BCUT2D eigenvalue weighted by molar-refractivity contribution is 1.51. The third-order valence-corrected chi connectivity index (χ3v) is 3.56. The fourth-order valence-corrected chi connectivity index (χ4v) is 2.44. The standard InChI is InChI=1S/C11H10.C10H8/c1-9-6-7-10-4-2-3-5-11(10)8-9;1-2-6-10-8-4-3-7-9(10)5-1/h2-8H,1H3;1-8H. The molecule has 0 aliphatic carbocycles. The molecule has 4 rings (SSSR count). The van der Waals surface area contributed by atoms with Gasteiger partial charge in [-0.05, 0) is 28.5 Å². The second kappa shape index (κ2) is 6.23. The van der Waals surface area contributed by atoms with Crippen LogP contribution in [0.3, 0.4) is 0 Å². The molecule has 0 aliphatic heterocycles. The predicted molar refractivity (Wildman–Crippen MR) is 92.6 cm³/mol. The van der Waals surface area contributed by atoms with E-state index in [1.165, 1.54) is 27.1 Å². The summed E-state index contributed by atoms with van der Waals surface area (Å²) in [5.41, 5.74) is 1.32. The number of fused-ring (bicyclic) bond motifs is 2. The molecule has 21 heavy (non-hydrogen) atoms. The molecule has 4 aromatic rings. The monoisotopic (exact) mass is 270 g/mol. The van der Waals surface area contributed by atoms with Crippen LogP contribution in [-0.4, -0.2) is 0 Å². The summed E-state index contributed by atoms with van der Waals surface area (Å²) in [5, 5.41) is 5.26. The van der Waals surface area contributed by atoms with Crippen LogP contribution in [0.4, 0.5) is 0 Å². The van der Waals surface area contributed by atoms with E-state index in [2.05, 4.69) is 97.9 Å². The SMILES string of the molecule is Cc1ccc2ccccc2c1.c1ccc2ccccc2c1. The Hall–Kier alpha value is -2.60. The molecule has 0 heterocycles. The van der Waals surface area contributed by atoms with E-state index in [1.54, 1.807) is 0 Å². The van der Waals surface area contributed by atoms with Crippen molar-refractivity contribution < 1.29 is 0 Å². The average Bonchev–Trinajstić information content (AvgIpc) is 2.55. The first-order chi connectivity index (χ1) is 10.3. The van der Waals surface area contributed by atoms with E-state index in [9.17, 15) is 0 Å². The maximum Gasteiger partial charge on any atom is -0.0181 e. The third kappa shape index (κ3) is 3.29. The van der Waals surface area contributed by atoms with Gasteiger partial charge in [0.25, 0.3) is 0 Å². The zero-order chi connectivity index (χ0) is 14.5. The van der Waals surface area contributed by atoms with Gasteiger partial charge in [-0.25, -0.2) is 0 Å². The number of benzene rings is 4. The highest BCUT2D eigenvalue weighted by atomic mass is 13.9. The Bertz CT molecular complexity index is 794. The predicted octanol–water partition coefficient (Wildman–Crippen LogP) is 5.99. The Labute approximate surface area is 125 Å². The van der Waals surface area contributed by atoms with E-state index in [4.69, 9.17) is 0 Å². The normalized spacial score (nSPS) is 10.1. The van der Waals surface area contributed by atoms with Crippen LogP contribution in [0.5, 0.6) is 0 Å². The molecule has 0 N–H and O–H groups in total. The van der Waals surface area contributed by atoms with Crippen LogP contribution in [-0.2, 0) is 0 Å². The molecule has 0 bridgehead atoms. The summed E-state index contributed by atoms with van der Waals surface area (Å²) in [6, 6.07) is 31.6. The second-order valence-corrected chi connectivity index (χ2v) is 5.20. The number of rotatable bonds is 0. The number of hydrogen-bond acceptors (Lipinski definition) is 0. The van der Waals surface area contributed by atoms with Crippen LogP contribution >= 0.6 is 0 Å². The first kappa shape index (κ1) is 13.4. The van der Waals surface area contributed by atoms with Gasteiger partial charge in [-0.1, -0.05) is 96.6 Å². The summed E-state index contributed by atoms with van der Waals surface area (Å²) in [5.74, 6) is 0. The highest BCUT2D eigenvalue weighted by molar-refractivity contribution is 5.83. The van der Waals surface area contributed by atoms with Crippen LogP contribution < -0.4 is 0 Å². The van der Waals surface area contributed by atoms with Gasteiger partial charge in [-0.3, -0.25) is 0 Å².